The highest BCUT2D eigenvalue weighted by atomic mass is 16.6. The average Bonchev–Trinajstić information content (AvgIpc) is 2.36. The van der Waals surface area contributed by atoms with Gasteiger partial charge in [-0.1, -0.05) is 36.9 Å². The van der Waals surface area contributed by atoms with Gasteiger partial charge >= 0.3 is 5.97 Å². The highest BCUT2D eigenvalue weighted by Crippen LogP contribution is 2.24. The number of hydrogen-bond acceptors (Lipinski definition) is 4. The Morgan fingerprint density at radius 2 is 2.00 bits per heavy atom. The minimum atomic E-state index is -1.45. The molecular formula is C13H15NO4. The van der Waals surface area contributed by atoms with Gasteiger partial charge in [0.25, 0.3) is 5.54 Å². The van der Waals surface area contributed by atoms with E-state index in [0.29, 0.717) is 5.56 Å². The van der Waals surface area contributed by atoms with E-state index in [0.717, 1.165) is 0 Å². The van der Waals surface area contributed by atoms with Crippen LogP contribution in [0.5, 0.6) is 0 Å². The first-order chi connectivity index (χ1) is 8.38. The van der Waals surface area contributed by atoms with Gasteiger partial charge in [-0.2, -0.15) is 0 Å². The molecule has 1 aromatic rings. The summed E-state index contributed by atoms with van der Waals surface area (Å²) in [5, 5.41) is 11.2. The van der Waals surface area contributed by atoms with E-state index in [2.05, 4.69) is 6.58 Å². The van der Waals surface area contributed by atoms with Crippen molar-refractivity contribution in [1.29, 1.82) is 0 Å². The molecule has 0 saturated heterocycles. The second-order valence-corrected chi connectivity index (χ2v) is 4.25. The fourth-order valence-electron chi connectivity index (χ4n) is 1.37. The maximum Gasteiger partial charge on any atom is 0.333 e. The van der Waals surface area contributed by atoms with Crippen LogP contribution in [0, 0.1) is 10.1 Å². The van der Waals surface area contributed by atoms with Crippen molar-refractivity contribution < 1.29 is 14.5 Å². The van der Waals surface area contributed by atoms with Gasteiger partial charge in [-0.25, -0.2) is 4.79 Å². The van der Waals surface area contributed by atoms with Crippen molar-refractivity contribution in [1.82, 2.24) is 0 Å². The van der Waals surface area contributed by atoms with E-state index in [1.807, 2.05) is 0 Å². The second-order valence-electron chi connectivity index (χ2n) is 4.25. The number of ether oxygens (including phenoxy) is 1. The van der Waals surface area contributed by atoms with Crippen LogP contribution in [0.1, 0.15) is 19.4 Å². The lowest BCUT2D eigenvalue weighted by atomic mass is 9.94. The Balaban J connectivity index is 2.93. The van der Waals surface area contributed by atoms with Gasteiger partial charge in [-0.15, -0.1) is 0 Å². The van der Waals surface area contributed by atoms with Crippen molar-refractivity contribution >= 4 is 5.97 Å². The number of rotatable bonds is 5. The number of benzene rings is 1. The fraction of sp³-hybridized carbons (Fsp3) is 0.308. The third kappa shape index (κ3) is 2.94. The van der Waals surface area contributed by atoms with Crippen molar-refractivity contribution in [2.24, 2.45) is 0 Å². The first-order valence-electron chi connectivity index (χ1n) is 5.40. The minimum Gasteiger partial charge on any atom is -0.454 e. The van der Waals surface area contributed by atoms with E-state index in [1.165, 1.54) is 13.8 Å². The Kier molecular flexibility index (Phi) is 4.20. The van der Waals surface area contributed by atoms with E-state index in [9.17, 15) is 14.9 Å². The lowest BCUT2D eigenvalue weighted by Gasteiger charge is -2.21. The quantitative estimate of drug-likeness (QED) is 0.347. The number of esters is 1. The Labute approximate surface area is 105 Å². The molecule has 5 nitrogen and oxygen atoms in total. The zero-order chi connectivity index (χ0) is 13.8. The van der Waals surface area contributed by atoms with Gasteiger partial charge in [0.15, 0.2) is 6.61 Å². The van der Waals surface area contributed by atoms with E-state index in [4.69, 9.17) is 4.74 Å². The molecule has 0 N–H and O–H groups in total. The predicted molar refractivity (Wildman–Crippen MR) is 66.6 cm³/mol. The van der Waals surface area contributed by atoms with Crippen LogP contribution in [-0.2, 0) is 15.1 Å². The van der Waals surface area contributed by atoms with Crippen LogP contribution in [0.15, 0.2) is 42.5 Å². The molecule has 1 unspecified atom stereocenters. The smallest absolute Gasteiger partial charge is 0.333 e. The Morgan fingerprint density at radius 1 is 1.44 bits per heavy atom. The summed E-state index contributed by atoms with van der Waals surface area (Å²) in [6, 6.07) is 8.45. The average molecular weight is 249 g/mol. The normalized spacial score (nSPS) is 13.4. The zero-order valence-electron chi connectivity index (χ0n) is 10.4. The molecule has 18 heavy (non-hydrogen) atoms. The molecule has 0 aliphatic carbocycles. The zero-order valence-corrected chi connectivity index (χ0v) is 10.4. The minimum absolute atomic E-state index is 0.216. The van der Waals surface area contributed by atoms with Crippen LogP contribution in [0.2, 0.25) is 0 Å². The molecule has 0 amide bonds. The van der Waals surface area contributed by atoms with Crippen LogP contribution in [0.3, 0.4) is 0 Å². The van der Waals surface area contributed by atoms with Gasteiger partial charge in [-0.05, 0) is 6.92 Å². The summed E-state index contributed by atoms with van der Waals surface area (Å²) in [6.07, 6.45) is 0. The van der Waals surface area contributed by atoms with Gasteiger partial charge < -0.3 is 4.74 Å². The molecule has 0 aromatic heterocycles. The number of carbonyl (C=O) groups is 1. The van der Waals surface area contributed by atoms with Crippen molar-refractivity contribution in [2.75, 3.05) is 6.61 Å². The van der Waals surface area contributed by atoms with Crippen molar-refractivity contribution in [3.8, 4) is 0 Å². The maximum atomic E-state index is 11.3. The summed E-state index contributed by atoms with van der Waals surface area (Å²) in [7, 11) is 0. The molecule has 0 fully saturated rings. The molecule has 0 radical (unpaired) electrons. The first kappa shape index (κ1) is 13.9. The second kappa shape index (κ2) is 5.44. The van der Waals surface area contributed by atoms with Gasteiger partial charge in [0.05, 0.1) is 0 Å². The third-order valence-corrected chi connectivity index (χ3v) is 2.63. The Bertz CT molecular complexity index is 469. The predicted octanol–water partition coefficient (Wildman–Crippen LogP) is 2.30. The summed E-state index contributed by atoms with van der Waals surface area (Å²) in [5.41, 5.74) is -0.745. The molecular weight excluding hydrogens is 234 g/mol. The largest absolute Gasteiger partial charge is 0.454 e. The summed E-state index contributed by atoms with van der Waals surface area (Å²) in [5.74, 6) is -0.626. The van der Waals surface area contributed by atoms with Crippen LogP contribution in [0.25, 0.3) is 0 Å². The van der Waals surface area contributed by atoms with Crippen molar-refractivity contribution in [3.63, 3.8) is 0 Å². The van der Waals surface area contributed by atoms with E-state index in [-0.39, 0.29) is 12.2 Å². The molecule has 0 aliphatic heterocycles. The van der Waals surface area contributed by atoms with Crippen LogP contribution < -0.4 is 0 Å². The molecule has 0 spiro atoms. The topological polar surface area (TPSA) is 69.4 Å². The fourth-order valence-corrected chi connectivity index (χ4v) is 1.37. The first-order valence-corrected chi connectivity index (χ1v) is 5.40. The number of hydrogen-bond donors (Lipinski definition) is 0. The number of carbonyl (C=O) groups excluding carboxylic acids is 1. The monoisotopic (exact) mass is 249 g/mol. The molecule has 0 heterocycles. The molecule has 0 aliphatic rings. The SMILES string of the molecule is C=C(C)C(=O)OCC(C)(c1ccccc1)[N+](=O)[O-]. The van der Waals surface area contributed by atoms with E-state index < -0.39 is 16.4 Å². The van der Waals surface area contributed by atoms with Crippen LogP contribution >= 0.6 is 0 Å². The van der Waals surface area contributed by atoms with Gasteiger partial charge in [0, 0.05) is 23.0 Å². The van der Waals surface area contributed by atoms with Crippen molar-refractivity contribution in [3.05, 3.63) is 58.2 Å². The molecule has 1 atom stereocenters. The summed E-state index contributed by atoms with van der Waals surface area (Å²) >= 11 is 0. The molecule has 1 rings (SSSR count). The third-order valence-electron chi connectivity index (χ3n) is 2.63. The molecule has 0 bridgehead atoms. The van der Waals surface area contributed by atoms with Crippen LogP contribution in [-0.4, -0.2) is 17.5 Å². The summed E-state index contributed by atoms with van der Waals surface area (Å²) in [6.45, 7) is 6.02. The van der Waals surface area contributed by atoms with E-state index in [1.54, 1.807) is 30.3 Å². The molecule has 5 heteroatoms. The summed E-state index contributed by atoms with van der Waals surface area (Å²) < 4.78 is 4.90. The molecule has 1 aromatic carbocycles. The molecule has 96 valence electrons. The lowest BCUT2D eigenvalue weighted by molar-refractivity contribution is -0.577. The van der Waals surface area contributed by atoms with E-state index >= 15 is 0 Å². The Hall–Kier alpha value is -2.17. The van der Waals surface area contributed by atoms with Crippen LogP contribution in [0.4, 0.5) is 0 Å². The summed E-state index contributed by atoms with van der Waals surface area (Å²) in [4.78, 5) is 22.0. The van der Waals surface area contributed by atoms with Gasteiger partial charge in [0.1, 0.15) is 0 Å². The highest BCUT2D eigenvalue weighted by Gasteiger charge is 2.41. The Morgan fingerprint density at radius 3 is 2.44 bits per heavy atom. The van der Waals surface area contributed by atoms with Gasteiger partial charge in [-0.3, -0.25) is 10.1 Å². The number of nitrogens with zero attached hydrogens (tertiary/aromatic N) is 1. The van der Waals surface area contributed by atoms with Gasteiger partial charge in [0.2, 0.25) is 0 Å². The molecule has 0 saturated carbocycles. The van der Waals surface area contributed by atoms with Crippen molar-refractivity contribution in [2.45, 2.75) is 19.4 Å². The number of nitro groups is 1. The highest BCUT2D eigenvalue weighted by molar-refractivity contribution is 5.86. The maximum absolute atomic E-state index is 11.3. The lowest BCUT2D eigenvalue weighted by Crippen LogP contribution is -2.37. The standard InChI is InChI=1S/C13H15NO4/c1-10(2)12(15)18-9-13(3,14(16)17)11-7-5-4-6-8-11/h4-8H,1,9H2,2-3H3.